The average Bonchev–Trinajstić information content (AvgIpc) is 3.04. The second kappa shape index (κ2) is 6.47. The van der Waals surface area contributed by atoms with Gasteiger partial charge in [-0.1, -0.05) is 18.2 Å². The molecule has 23 heavy (non-hydrogen) atoms. The minimum atomic E-state index is -1.08. The molecule has 3 rings (SSSR count). The number of hydrogen-bond donors (Lipinski definition) is 1. The van der Waals surface area contributed by atoms with Crippen LogP contribution in [0.4, 0.5) is 4.39 Å². The lowest BCUT2D eigenvalue weighted by atomic mass is 10.2. The second-order valence-electron chi connectivity index (χ2n) is 5.09. The molecule has 0 saturated carbocycles. The predicted molar refractivity (Wildman–Crippen MR) is 83.0 cm³/mol. The van der Waals surface area contributed by atoms with E-state index in [9.17, 15) is 14.0 Å². The van der Waals surface area contributed by atoms with Crippen LogP contribution in [-0.4, -0.2) is 47.7 Å². The van der Waals surface area contributed by atoms with Crippen molar-refractivity contribution in [3.63, 3.8) is 0 Å². The second-order valence-corrected chi connectivity index (χ2v) is 6.18. The maximum Gasteiger partial charge on any atom is 0.334 e. The maximum absolute atomic E-state index is 13.8. The summed E-state index contributed by atoms with van der Waals surface area (Å²) in [4.78, 5) is 26.0. The summed E-state index contributed by atoms with van der Waals surface area (Å²) in [6.45, 7) is 0.547. The molecule has 1 atom stereocenters. The highest BCUT2D eigenvalue weighted by atomic mass is 32.1. The van der Waals surface area contributed by atoms with E-state index in [2.05, 4.69) is 0 Å². The number of hydrogen-bond acceptors (Lipinski definition) is 4. The Hall–Kier alpha value is -2.25. The van der Waals surface area contributed by atoms with Gasteiger partial charge in [0.05, 0.1) is 18.0 Å². The summed E-state index contributed by atoms with van der Waals surface area (Å²) in [6.07, 6.45) is -1.00. The van der Waals surface area contributed by atoms with E-state index in [0.717, 1.165) is 0 Å². The van der Waals surface area contributed by atoms with Gasteiger partial charge in [0.1, 0.15) is 5.82 Å². The molecule has 1 fully saturated rings. The maximum atomic E-state index is 13.8. The van der Waals surface area contributed by atoms with Crippen LogP contribution < -0.4 is 0 Å². The van der Waals surface area contributed by atoms with E-state index in [1.54, 1.807) is 30.3 Å². The van der Waals surface area contributed by atoms with Crippen molar-refractivity contribution < 1.29 is 23.8 Å². The van der Waals surface area contributed by atoms with E-state index in [1.807, 2.05) is 0 Å². The highest BCUT2D eigenvalue weighted by Gasteiger charge is 2.30. The van der Waals surface area contributed by atoms with E-state index in [-0.39, 0.29) is 24.9 Å². The average molecular weight is 335 g/mol. The zero-order valence-electron chi connectivity index (χ0n) is 12.1. The zero-order valence-corrected chi connectivity index (χ0v) is 12.9. The van der Waals surface area contributed by atoms with Crippen LogP contribution in [0.5, 0.6) is 0 Å². The molecule has 7 heteroatoms. The van der Waals surface area contributed by atoms with E-state index in [1.165, 1.54) is 22.3 Å². The van der Waals surface area contributed by atoms with Crippen LogP contribution in [0.3, 0.4) is 0 Å². The number of morpholine rings is 1. The molecule has 1 unspecified atom stereocenters. The molecule has 1 amide bonds. The summed E-state index contributed by atoms with van der Waals surface area (Å²) in [7, 11) is 0. The smallest absolute Gasteiger partial charge is 0.334 e. The minimum Gasteiger partial charge on any atom is -0.479 e. The van der Waals surface area contributed by atoms with Gasteiger partial charge in [0.25, 0.3) is 5.91 Å². The first kappa shape index (κ1) is 15.6. The standard InChI is InChI=1S/C16H14FNO4S/c17-11-4-2-1-3-10(11)13-5-6-14(23-13)15(19)18-7-8-22-12(9-18)16(20)21/h1-6,12H,7-9H2,(H,20,21). The fourth-order valence-corrected chi connectivity index (χ4v) is 3.40. The molecule has 1 aromatic heterocycles. The molecule has 5 nitrogen and oxygen atoms in total. The fraction of sp³-hybridized carbons (Fsp3) is 0.250. The molecular weight excluding hydrogens is 321 g/mol. The number of aliphatic carboxylic acids is 1. The van der Waals surface area contributed by atoms with Crippen LogP contribution in [0.15, 0.2) is 36.4 Å². The Kier molecular flexibility index (Phi) is 4.40. The third-order valence-corrected chi connectivity index (χ3v) is 4.69. The number of benzene rings is 1. The zero-order chi connectivity index (χ0) is 16.4. The third-order valence-electron chi connectivity index (χ3n) is 3.59. The van der Waals surface area contributed by atoms with Gasteiger partial charge >= 0.3 is 5.97 Å². The number of amides is 1. The molecule has 1 aliphatic rings. The lowest BCUT2D eigenvalue weighted by Gasteiger charge is -2.30. The largest absolute Gasteiger partial charge is 0.479 e. The number of carbonyl (C=O) groups excluding carboxylic acids is 1. The van der Waals surface area contributed by atoms with E-state index < -0.39 is 12.1 Å². The van der Waals surface area contributed by atoms with Crippen LogP contribution >= 0.6 is 11.3 Å². The highest BCUT2D eigenvalue weighted by Crippen LogP contribution is 2.30. The van der Waals surface area contributed by atoms with Gasteiger partial charge in [-0.15, -0.1) is 11.3 Å². The monoisotopic (exact) mass is 335 g/mol. The van der Waals surface area contributed by atoms with Crippen molar-refractivity contribution in [1.82, 2.24) is 4.90 Å². The van der Waals surface area contributed by atoms with Crippen molar-refractivity contribution in [1.29, 1.82) is 0 Å². The third kappa shape index (κ3) is 3.25. The van der Waals surface area contributed by atoms with Crippen LogP contribution in [-0.2, 0) is 9.53 Å². The first-order chi connectivity index (χ1) is 11.1. The summed E-state index contributed by atoms with van der Waals surface area (Å²) < 4.78 is 18.9. The molecule has 0 radical (unpaired) electrons. The van der Waals surface area contributed by atoms with Gasteiger partial charge in [0, 0.05) is 17.0 Å². The Balaban J connectivity index is 1.79. The number of carboxylic acid groups (broad SMARTS) is 1. The number of rotatable bonds is 3. The summed E-state index contributed by atoms with van der Waals surface area (Å²) in [5, 5.41) is 8.99. The van der Waals surface area contributed by atoms with Crippen molar-refractivity contribution in [2.45, 2.75) is 6.10 Å². The molecule has 120 valence electrons. The first-order valence-electron chi connectivity index (χ1n) is 7.04. The van der Waals surface area contributed by atoms with Crippen LogP contribution in [0.25, 0.3) is 10.4 Å². The van der Waals surface area contributed by atoms with Crippen LogP contribution in [0, 0.1) is 5.82 Å². The van der Waals surface area contributed by atoms with E-state index in [0.29, 0.717) is 21.9 Å². The van der Waals surface area contributed by atoms with E-state index in [4.69, 9.17) is 9.84 Å². The Morgan fingerprint density at radius 2 is 2.04 bits per heavy atom. The van der Waals surface area contributed by atoms with Gasteiger partial charge in [0.2, 0.25) is 0 Å². The molecular formula is C16H14FNO4S. The minimum absolute atomic E-state index is 0.0150. The topological polar surface area (TPSA) is 66.8 Å². The molecule has 0 spiro atoms. The number of ether oxygens (including phenoxy) is 1. The fourth-order valence-electron chi connectivity index (χ4n) is 2.40. The molecule has 1 aromatic carbocycles. The molecule has 2 heterocycles. The summed E-state index contributed by atoms with van der Waals surface area (Å²) in [6, 6.07) is 9.71. The highest BCUT2D eigenvalue weighted by molar-refractivity contribution is 7.17. The number of halogens is 1. The summed E-state index contributed by atoms with van der Waals surface area (Å²) in [5.74, 6) is -1.68. The van der Waals surface area contributed by atoms with Gasteiger partial charge in [-0.2, -0.15) is 0 Å². The Morgan fingerprint density at radius 1 is 1.26 bits per heavy atom. The Bertz CT molecular complexity index is 745. The normalized spacial score (nSPS) is 18.0. The van der Waals surface area contributed by atoms with E-state index >= 15 is 0 Å². The first-order valence-corrected chi connectivity index (χ1v) is 7.86. The van der Waals surface area contributed by atoms with Gasteiger partial charge in [0.15, 0.2) is 6.10 Å². The number of nitrogens with zero attached hydrogens (tertiary/aromatic N) is 1. The Morgan fingerprint density at radius 3 is 2.78 bits per heavy atom. The number of carboxylic acids is 1. The lowest BCUT2D eigenvalue weighted by Crippen LogP contribution is -2.48. The van der Waals surface area contributed by atoms with Crippen molar-refractivity contribution in [3.8, 4) is 10.4 Å². The molecule has 0 aliphatic carbocycles. The van der Waals surface area contributed by atoms with Gasteiger partial charge in [-0.3, -0.25) is 4.79 Å². The summed E-state index contributed by atoms with van der Waals surface area (Å²) in [5.41, 5.74) is 0.446. The van der Waals surface area contributed by atoms with Crippen molar-refractivity contribution in [3.05, 3.63) is 47.1 Å². The molecule has 1 N–H and O–H groups in total. The van der Waals surface area contributed by atoms with Crippen molar-refractivity contribution in [2.24, 2.45) is 0 Å². The summed E-state index contributed by atoms with van der Waals surface area (Å²) >= 11 is 1.19. The Labute approximate surface area is 135 Å². The molecule has 1 saturated heterocycles. The van der Waals surface area contributed by atoms with Gasteiger partial charge in [-0.05, 0) is 18.2 Å². The molecule has 2 aromatic rings. The van der Waals surface area contributed by atoms with Crippen LogP contribution in [0.1, 0.15) is 9.67 Å². The van der Waals surface area contributed by atoms with Gasteiger partial charge in [-0.25, -0.2) is 9.18 Å². The van der Waals surface area contributed by atoms with Crippen LogP contribution in [0.2, 0.25) is 0 Å². The molecule has 1 aliphatic heterocycles. The van der Waals surface area contributed by atoms with Gasteiger partial charge < -0.3 is 14.7 Å². The van der Waals surface area contributed by atoms with Crippen molar-refractivity contribution in [2.75, 3.05) is 19.7 Å². The quantitative estimate of drug-likeness (QED) is 0.936. The van der Waals surface area contributed by atoms with Crippen molar-refractivity contribution >= 4 is 23.2 Å². The number of thiophene rings is 1. The number of carbonyl (C=O) groups is 2. The predicted octanol–water partition coefficient (Wildman–Crippen LogP) is 2.48. The SMILES string of the molecule is O=C(O)C1CN(C(=O)c2ccc(-c3ccccc3F)s2)CCO1. The lowest BCUT2D eigenvalue weighted by molar-refractivity contribution is -0.154. The molecule has 0 bridgehead atoms.